The third-order valence-electron chi connectivity index (χ3n) is 4.26. The van der Waals surface area contributed by atoms with Crippen LogP contribution < -0.4 is 15.4 Å². The smallest absolute Gasteiger partial charge is 0.293 e. The van der Waals surface area contributed by atoms with E-state index in [2.05, 4.69) is 10.6 Å². The molecule has 0 aliphatic heterocycles. The highest BCUT2D eigenvalue weighted by Gasteiger charge is 2.23. The third kappa shape index (κ3) is 4.34. The van der Waals surface area contributed by atoms with Crippen molar-refractivity contribution in [2.24, 2.45) is 0 Å². The Morgan fingerprint density at radius 1 is 1.00 bits per heavy atom. The summed E-state index contributed by atoms with van der Waals surface area (Å²) >= 11 is 0. The Labute approximate surface area is 163 Å². The Bertz CT molecular complexity index is 978. The summed E-state index contributed by atoms with van der Waals surface area (Å²) in [6.45, 7) is 4.38. The highest BCUT2D eigenvalue weighted by Crippen LogP contribution is 2.32. The second kappa shape index (κ2) is 9.08. The number of anilines is 2. The number of para-hydroxylation sites is 3. The first-order valence-corrected chi connectivity index (χ1v) is 9.48. The van der Waals surface area contributed by atoms with Gasteiger partial charge in [0.15, 0.2) is 0 Å². The lowest BCUT2D eigenvalue weighted by atomic mass is 10.2. The standard InChI is InChI=1S/C22H24N2O4/c1-3-5-14-19(25)24-20-15-10-6-8-12-17(15)28-21(20)22(26)23-16-11-7-9-13-18(16)27-4-2/h6-13H,3-5,14H2,1-2H3,(H,23,26)(H,24,25). The minimum Gasteiger partial charge on any atom is -0.492 e. The minimum atomic E-state index is -0.450. The van der Waals surface area contributed by atoms with Crippen molar-refractivity contribution in [1.29, 1.82) is 0 Å². The zero-order valence-electron chi connectivity index (χ0n) is 16.1. The normalized spacial score (nSPS) is 10.6. The lowest BCUT2D eigenvalue weighted by molar-refractivity contribution is -0.116. The van der Waals surface area contributed by atoms with Crippen LogP contribution in [0.4, 0.5) is 11.4 Å². The molecule has 28 heavy (non-hydrogen) atoms. The number of ether oxygens (including phenoxy) is 1. The molecule has 0 saturated carbocycles. The molecule has 146 valence electrons. The quantitative estimate of drug-likeness (QED) is 0.562. The summed E-state index contributed by atoms with van der Waals surface area (Å²) in [6.07, 6.45) is 2.09. The number of nitrogens with one attached hydrogen (secondary N) is 2. The van der Waals surface area contributed by atoms with Gasteiger partial charge in [0.05, 0.1) is 12.3 Å². The Morgan fingerprint density at radius 2 is 1.75 bits per heavy atom. The van der Waals surface area contributed by atoms with Crippen LogP contribution in [0.25, 0.3) is 11.0 Å². The fourth-order valence-corrected chi connectivity index (χ4v) is 2.90. The van der Waals surface area contributed by atoms with Crippen LogP contribution in [0.3, 0.4) is 0 Å². The van der Waals surface area contributed by atoms with Crippen molar-refractivity contribution in [2.45, 2.75) is 33.1 Å². The average molecular weight is 380 g/mol. The molecule has 6 heteroatoms. The summed E-state index contributed by atoms with van der Waals surface area (Å²) in [5, 5.41) is 6.36. The maximum absolute atomic E-state index is 12.9. The van der Waals surface area contributed by atoms with Crippen LogP contribution in [-0.4, -0.2) is 18.4 Å². The first-order chi connectivity index (χ1) is 13.6. The highest BCUT2D eigenvalue weighted by molar-refractivity contribution is 6.14. The van der Waals surface area contributed by atoms with Gasteiger partial charge in [-0.25, -0.2) is 0 Å². The van der Waals surface area contributed by atoms with Gasteiger partial charge < -0.3 is 19.8 Å². The van der Waals surface area contributed by atoms with E-state index in [1.807, 2.05) is 44.2 Å². The van der Waals surface area contributed by atoms with Crippen molar-refractivity contribution in [3.05, 3.63) is 54.3 Å². The SMILES string of the molecule is CCCCC(=O)Nc1c(C(=O)Nc2ccccc2OCC)oc2ccccc12. The molecule has 0 radical (unpaired) electrons. The van der Waals surface area contributed by atoms with Crippen LogP contribution in [0.1, 0.15) is 43.7 Å². The number of fused-ring (bicyclic) bond motifs is 1. The van der Waals surface area contributed by atoms with Crippen molar-refractivity contribution in [2.75, 3.05) is 17.2 Å². The number of rotatable bonds is 8. The van der Waals surface area contributed by atoms with Gasteiger partial charge >= 0.3 is 0 Å². The van der Waals surface area contributed by atoms with E-state index in [9.17, 15) is 9.59 Å². The second-order valence-electron chi connectivity index (χ2n) is 6.34. The Balaban J connectivity index is 1.92. The van der Waals surface area contributed by atoms with E-state index in [0.29, 0.717) is 41.1 Å². The van der Waals surface area contributed by atoms with Gasteiger partial charge in [-0.1, -0.05) is 37.6 Å². The molecule has 2 aromatic carbocycles. The topological polar surface area (TPSA) is 80.6 Å². The predicted molar refractivity (Wildman–Crippen MR) is 110 cm³/mol. The Hall–Kier alpha value is -3.28. The van der Waals surface area contributed by atoms with E-state index in [-0.39, 0.29) is 11.7 Å². The molecule has 0 aliphatic rings. The minimum absolute atomic E-state index is 0.0670. The molecule has 1 aromatic heterocycles. The molecule has 0 atom stereocenters. The van der Waals surface area contributed by atoms with Gasteiger partial charge in [-0.3, -0.25) is 9.59 Å². The molecule has 3 rings (SSSR count). The lowest BCUT2D eigenvalue weighted by Crippen LogP contribution is -2.17. The van der Waals surface area contributed by atoms with Gasteiger partial charge in [-0.05, 0) is 37.6 Å². The molecule has 0 unspecified atom stereocenters. The van der Waals surface area contributed by atoms with Crippen LogP contribution in [0, 0.1) is 0 Å². The molecule has 0 saturated heterocycles. The molecule has 2 N–H and O–H groups in total. The number of amides is 2. The van der Waals surface area contributed by atoms with E-state index >= 15 is 0 Å². The van der Waals surface area contributed by atoms with E-state index in [4.69, 9.17) is 9.15 Å². The number of hydrogen-bond acceptors (Lipinski definition) is 4. The van der Waals surface area contributed by atoms with Gasteiger partial charge in [0, 0.05) is 11.8 Å². The first kappa shape index (κ1) is 19.5. The van der Waals surface area contributed by atoms with Gasteiger partial charge in [-0.15, -0.1) is 0 Å². The maximum Gasteiger partial charge on any atom is 0.293 e. The zero-order valence-corrected chi connectivity index (χ0v) is 16.1. The highest BCUT2D eigenvalue weighted by atomic mass is 16.5. The van der Waals surface area contributed by atoms with Crippen molar-refractivity contribution in [1.82, 2.24) is 0 Å². The van der Waals surface area contributed by atoms with Gasteiger partial charge in [0.25, 0.3) is 5.91 Å². The maximum atomic E-state index is 12.9. The predicted octanol–water partition coefficient (Wildman–Crippen LogP) is 5.21. The average Bonchev–Trinajstić information content (AvgIpc) is 3.07. The number of carbonyl (C=O) groups excluding carboxylic acids is 2. The number of hydrogen-bond donors (Lipinski definition) is 2. The molecular formula is C22H24N2O4. The molecular weight excluding hydrogens is 356 g/mol. The fourth-order valence-electron chi connectivity index (χ4n) is 2.90. The molecule has 0 bridgehead atoms. The molecule has 2 amide bonds. The number of benzene rings is 2. The van der Waals surface area contributed by atoms with Crippen LogP contribution >= 0.6 is 0 Å². The molecule has 0 fully saturated rings. The summed E-state index contributed by atoms with van der Waals surface area (Å²) in [4.78, 5) is 25.2. The third-order valence-corrected chi connectivity index (χ3v) is 4.26. The van der Waals surface area contributed by atoms with Gasteiger partial charge in [0.1, 0.15) is 17.0 Å². The molecule has 1 heterocycles. The number of carbonyl (C=O) groups is 2. The van der Waals surface area contributed by atoms with Crippen LogP contribution in [0.5, 0.6) is 5.75 Å². The van der Waals surface area contributed by atoms with Crippen molar-refractivity contribution < 1.29 is 18.7 Å². The second-order valence-corrected chi connectivity index (χ2v) is 6.34. The van der Waals surface area contributed by atoms with Crippen molar-refractivity contribution in [3.63, 3.8) is 0 Å². The molecule has 0 spiro atoms. The molecule has 0 aliphatic carbocycles. The van der Waals surface area contributed by atoms with Crippen molar-refractivity contribution in [3.8, 4) is 5.75 Å². The van der Waals surface area contributed by atoms with Gasteiger partial charge in [-0.2, -0.15) is 0 Å². The van der Waals surface area contributed by atoms with Crippen molar-refractivity contribution >= 4 is 34.2 Å². The Kier molecular flexibility index (Phi) is 6.32. The number of furan rings is 1. The van der Waals surface area contributed by atoms with E-state index in [1.165, 1.54) is 0 Å². The molecule has 6 nitrogen and oxygen atoms in total. The van der Waals surface area contributed by atoms with E-state index < -0.39 is 5.91 Å². The summed E-state index contributed by atoms with van der Waals surface area (Å²) < 4.78 is 11.3. The fraction of sp³-hybridized carbons (Fsp3) is 0.273. The van der Waals surface area contributed by atoms with Crippen LogP contribution in [0.2, 0.25) is 0 Å². The summed E-state index contributed by atoms with van der Waals surface area (Å²) in [5.41, 5.74) is 1.47. The summed E-state index contributed by atoms with van der Waals surface area (Å²) in [6, 6.07) is 14.4. The first-order valence-electron chi connectivity index (χ1n) is 9.48. The Morgan fingerprint density at radius 3 is 2.54 bits per heavy atom. The van der Waals surface area contributed by atoms with E-state index in [1.54, 1.807) is 18.2 Å². The summed E-state index contributed by atoms with van der Waals surface area (Å²) in [5.74, 6) is 0.0478. The largest absolute Gasteiger partial charge is 0.492 e. The lowest BCUT2D eigenvalue weighted by Gasteiger charge is -2.11. The van der Waals surface area contributed by atoms with Gasteiger partial charge in [0.2, 0.25) is 11.7 Å². The van der Waals surface area contributed by atoms with E-state index in [0.717, 1.165) is 12.8 Å². The van der Waals surface area contributed by atoms with Crippen LogP contribution in [0.15, 0.2) is 52.9 Å². The monoisotopic (exact) mass is 380 g/mol. The van der Waals surface area contributed by atoms with Crippen LogP contribution in [-0.2, 0) is 4.79 Å². The number of unbranched alkanes of at least 4 members (excludes halogenated alkanes) is 1. The summed E-state index contributed by atoms with van der Waals surface area (Å²) in [7, 11) is 0. The zero-order chi connectivity index (χ0) is 19.9. The molecule has 3 aromatic rings.